The Labute approximate surface area is 99.3 Å². The van der Waals surface area contributed by atoms with Crippen LogP contribution in [0.2, 0.25) is 0 Å². The molecule has 0 saturated carbocycles. The maximum absolute atomic E-state index is 4.48. The van der Waals surface area contributed by atoms with Crippen LogP contribution in [0.15, 0.2) is 36.4 Å². The van der Waals surface area contributed by atoms with Crippen LogP contribution in [0, 0.1) is 13.8 Å². The summed E-state index contributed by atoms with van der Waals surface area (Å²) in [4.78, 5) is 7.73. The topological polar surface area (TPSA) is 45.6 Å². The molecule has 3 rings (SSSR count). The van der Waals surface area contributed by atoms with Crippen molar-refractivity contribution in [3.63, 3.8) is 0 Å². The molecule has 0 spiro atoms. The first kappa shape index (κ1) is 9.96. The van der Waals surface area contributed by atoms with Gasteiger partial charge in [0.1, 0.15) is 0 Å². The molecule has 0 fully saturated rings. The molecule has 4 heteroatoms. The molecule has 3 aromatic rings. The third-order valence-corrected chi connectivity index (χ3v) is 2.88. The monoisotopic (exact) mass is 226 g/mol. The molecular weight excluding hydrogens is 212 g/mol. The molecule has 2 heterocycles. The molecule has 1 aromatic carbocycles. The van der Waals surface area contributed by atoms with Gasteiger partial charge in [-0.3, -0.25) is 10.1 Å². The van der Waals surface area contributed by atoms with Crippen molar-refractivity contribution < 1.29 is 0 Å². The number of fused-ring (bicyclic) bond motifs is 1. The van der Waals surface area contributed by atoms with Gasteiger partial charge < -0.3 is 4.98 Å². The summed E-state index contributed by atoms with van der Waals surface area (Å²) in [5, 5.41) is 0. The highest BCUT2D eigenvalue weighted by molar-refractivity contribution is 5.77. The fraction of sp³-hybridized carbons (Fsp3) is 0.154. The van der Waals surface area contributed by atoms with E-state index in [0.29, 0.717) is 0 Å². The predicted molar refractivity (Wildman–Crippen MR) is 69.0 cm³/mol. The maximum Gasteiger partial charge on any atom is 0.220 e. The molecule has 0 bridgehead atoms. The second-order valence-electron chi connectivity index (χ2n) is 4.17. The molecule has 0 radical (unpaired) electrons. The van der Waals surface area contributed by atoms with Gasteiger partial charge in [0, 0.05) is 11.4 Å². The number of para-hydroxylation sites is 2. The number of aromatic amines is 1. The summed E-state index contributed by atoms with van der Waals surface area (Å²) in [6.07, 6.45) is 0. The number of imidazole rings is 1. The Morgan fingerprint density at radius 3 is 2.47 bits per heavy atom. The van der Waals surface area contributed by atoms with E-state index in [1.54, 1.807) is 0 Å². The van der Waals surface area contributed by atoms with E-state index >= 15 is 0 Å². The number of benzene rings is 1. The minimum atomic E-state index is 0.758. The third kappa shape index (κ3) is 1.67. The van der Waals surface area contributed by atoms with Crippen LogP contribution in [0.25, 0.3) is 11.0 Å². The lowest BCUT2D eigenvalue weighted by Crippen LogP contribution is -2.13. The van der Waals surface area contributed by atoms with E-state index < -0.39 is 0 Å². The number of hydrogen-bond donors (Lipinski definition) is 2. The van der Waals surface area contributed by atoms with Gasteiger partial charge in [-0.1, -0.05) is 12.1 Å². The number of rotatable bonds is 2. The zero-order chi connectivity index (χ0) is 11.8. The lowest BCUT2D eigenvalue weighted by molar-refractivity contribution is 0.865. The maximum atomic E-state index is 4.48. The van der Waals surface area contributed by atoms with E-state index in [1.807, 2.05) is 28.9 Å². The van der Waals surface area contributed by atoms with E-state index in [0.717, 1.165) is 28.4 Å². The van der Waals surface area contributed by atoms with Crippen LogP contribution in [0.1, 0.15) is 11.4 Å². The molecule has 0 unspecified atom stereocenters. The minimum Gasteiger partial charge on any atom is -0.323 e. The average molecular weight is 226 g/mol. The Hall–Kier alpha value is -2.23. The first-order valence-corrected chi connectivity index (χ1v) is 5.61. The Bertz CT molecular complexity index is 610. The van der Waals surface area contributed by atoms with Crippen molar-refractivity contribution in [1.82, 2.24) is 14.6 Å². The highest BCUT2D eigenvalue weighted by atomic mass is 15.5. The van der Waals surface area contributed by atoms with E-state index in [-0.39, 0.29) is 0 Å². The number of H-pyrrole nitrogens is 1. The van der Waals surface area contributed by atoms with Crippen LogP contribution in [-0.2, 0) is 0 Å². The van der Waals surface area contributed by atoms with Gasteiger partial charge in [0.2, 0.25) is 5.95 Å². The van der Waals surface area contributed by atoms with Crippen molar-refractivity contribution in [2.75, 3.05) is 5.43 Å². The lowest BCUT2D eigenvalue weighted by atomic mass is 10.3. The molecule has 4 nitrogen and oxygen atoms in total. The molecule has 0 amide bonds. The van der Waals surface area contributed by atoms with Crippen LogP contribution in [0.5, 0.6) is 0 Å². The fourth-order valence-electron chi connectivity index (χ4n) is 1.96. The third-order valence-electron chi connectivity index (χ3n) is 2.88. The molecule has 17 heavy (non-hydrogen) atoms. The van der Waals surface area contributed by atoms with Crippen molar-refractivity contribution in [3.05, 3.63) is 47.8 Å². The van der Waals surface area contributed by atoms with E-state index in [4.69, 9.17) is 0 Å². The second kappa shape index (κ2) is 3.66. The number of aryl methyl sites for hydroxylation is 2. The number of anilines is 1. The normalized spacial score (nSPS) is 10.9. The standard InChI is InChI=1S/C13H14N4/c1-9-7-8-10(2)17(9)16-13-14-11-5-3-4-6-12(11)15-13/h3-8H,1-2H3,(H2,14,15,16). The first-order valence-electron chi connectivity index (χ1n) is 5.61. The first-order chi connectivity index (χ1) is 8.24. The molecule has 86 valence electrons. The van der Waals surface area contributed by atoms with Crippen molar-refractivity contribution in [2.45, 2.75) is 13.8 Å². The Morgan fingerprint density at radius 2 is 1.76 bits per heavy atom. The second-order valence-corrected chi connectivity index (χ2v) is 4.17. The highest BCUT2D eigenvalue weighted by Crippen LogP contribution is 2.15. The van der Waals surface area contributed by atoms with Crippen molar-refractivity contribution >= 4 is 17.0 Å². The van der Waals surface area contributed by atoms with Gasteiger partial charge in [0.05, 0.1) is 11.0 Å². The largest absolute Gasteiger partial charge is 0.323 e. The van der Waals surface area contributed by atoms with E-state index in [2.05, 4.69) is 41.4 Å². The van der Waals surface area contributed by atoms with Gasteiger partial charge in [-0.05, 0) is 38.1 Å². The number of aromatic nitrogens is 3. The molecule has 0 aliphatic carbocycles. The fourth-order valence-corrected chi connectivity index (χ4v) is 1.96. The highest BCUT2D eigenvalue weighted by Gasteiger charge is 2.04. The van der Waals surface area contributed by atoms with Crippen molar-refractivity contribution in [1.29, 1.82) is 0 Å². The number of nitrogens with one attached hydrogen (secondary N) is 2. The van der Waals surface area contributed by atoms with Crippen LogP contribution in [0.3, 0.4) is 0 Å². The molecule has 0 atom stereocenters. The van der Waals surface area contributed by atoms with E-state index in [1.165, 1.54) is 0 Å². The molecule has 0 saturated heterocycles. The number of hydrogen-bond acceptors (Lipinski definition) is 2. The van der Waals surface area contributed by atoms with Crippen molar-refractivity contribution in [3.8, 4) is 0 Å². The summed E-state index contributed by atoms with van der Waals surface area (Å²) in [5.41, 5.74) is 7.58. The van der Waals surface area contributed by atoms with E-state index in [9.17, 15) is 0 Å². The van der Waals surface area contributed by atoms with Crippen LogP contribution >= 0.6 is 0 Å². The summed E-state index contributed by atoms with van der Waals surface area (Å²) >= 11 is 0. The van der Waals surface area contributed by atoms with Crippen LogP contribution in [0.4, 0.5) is 5.95 Å². The summed E-state index contributed by atoms with van der Waals surface area (Å²) in [7, 11) is 0. The average Bonchev–Trinajstić information content (AvgIpc) is 2.87. The Balaban J connectivity index is 2.00. The minimum absolute atomic E-state index is 0.758. The van der Waals surface area contributed by atoms with Gasteiger partial charge in [-0.2, -0.15) is 0 Å². The number of nitrogens with zero attached hydrogens (tertiary/aromatic N) is 2. The van der Waals surface area contributed by atoms with Gasteiger partial charge in [-0.25, -0.2) is 4.98 Å². The summed E-state index contributed by atoms with van der Waals surface area (Å²) in [5.74, 6) is 0.758. The van der Waals surface area contributed by atoms with Crippen LogP contribution in [-0.4, -0.2) is 14.6 Å². The Kier molecular flexibility index (Phi) is 2.14. The molecular formula is C13H14N4. The van der Waals surface area contributed by atoms with Crippen LogP contribution < -0.4 is 5.43 Å². The van der Waals surface area contributed by atoms with Gasteiger partial charge in [-0.15, -0.1) is 0 Å². The molecule has 0 aliphatic rings. The predicted octanol–water partition coefficient (Wildman–Crippen LogP) is 2.86. The zero-order valence-electron chi connectivity index (χ0n) is 9.86. The Morgan fingerprint density at radius 1 is 1.06 bits per heavy atom. The summed E-state index contributed by atoms with van der Waals surface area (Å²) in [6.45, 7) is 4.12. The van der Waals surface area contributed by atoms with Gasteiger partial charge in [0.15, 0.2) is 0 Å². The summed E-state index contributed by atoms with van der Waals surface area (Å²) < 4.78 is 2.01. The smallest absolute Gasteiger partial charge is 0.220 e. The molecule has 2 aromatic heterocycles. The quantitative estimate of drug-likeness (QED) is 0.705. The lowest BCUT2D eigenvalue weighted by Gasteiger charge is -2.09. The van der Waals surface area contributed by atoms with Gasteiger partial charge in [0.25, 0.3) is 0 Å². The summed E-state index contributed by atoms with van der Waals surface area (Å²) in [6, 6.07) is 12.1. The SMILES string of the molecule is Cc1ccc(C)n1Nc1nc2ccccc2[nH]1. The molecule has 0 aliphatic heterocycles. The molecule has 2 N–H and O–H groups in total. The van der Waals surface area contributed by atoms with Gasteiger partial charge >= 0.3 is 0 Å². The zero-order valence-corrected chi connectivity index (χ0v) is 9.86. The van der Waals surface area contributed by atoms with Crippen molar-refractivity contribution in [2.24, 2.45) is 0 Å².